The average Bonchev–Trinajstić information content (AvgIpc) is 2.67. The molecule has 1 amide bonds. The van der Waals surface area contributed by atoms with Gasteiger partial charge in [-0.3, -0.25) is 4.79 Å². The Morgan fingerprint density at radius 1 is 1.31 bits per heavy atom. The van der Waals surface area contributed by atoms with Gasteiger partial charge in [0.05, 0.1) is 17.6 Å². The lowest BCUT2D eigenvalue weighted by molar-refractivity contribution is -0.123. The molecule has 0 atom stereocenters. The number of rotatable bonds is 10. The molecule has 1 fully saturated rings. The average molecular weight is 429 g/mol. The minimum Gasteiger partial charge on any atom is -0.435 e. The minimum absolute atomic E-state index is 0.122. The van der Waals surface area contributed by atoms with Gasteiger partial charge in [-0.25, -0.2) is 8.42 Å². The highest BCUT2D eigenvalue weighted by Gasteiger charge is 2.33. The highest BCUT2D eigenvalue weighted by Crippen LogP contribution is 2.25. The zero-order valence-electron chi connectivity index (χ0n) is 16.0. The number of halogens is 2. The third-order valence-corrected chi connectivity index (χ3v) is 6.46. The number of piperidine rings is 1. The summed E-state index contributed by atoms with van der Waals surface area (Å²) < 4.78 is 54.2. The summed E-state index contributed by atoms with van der Waals surface area (Å²) in [5.41, 5.74) is -0.378. The van der Waals surface area contributed by atoms with Crippen LogP contribution in [0.25, 0.3) is 0 Å². The molecular weight excluding hydrogens is 404 g/mol. The molecule has 0 unspecified atom stereocenters. The summed E-state index contributed by atoms with van der Waals surface area (Å²) in [7, 11) is -3.72. The maximum Gasteiger partial charge on any atom is 0.387 e. The van der Waals surface area contributed by atoms with Crippen LogP contribution in [0, 0.1) is 11.3 Å². The van der Waals surface area contributed by atoms with E-state index in [4.69, 9.17) is 5.26 Å². The molecule has 0 saturated carbocycles. The first-order valence-electron chi connectivity index (χ1n) is 9.37. The molecule has 1 aliphatic heterocycles. The van der Waals surface area contributed by atoms with Crippen LogP contribution in [0.3, 0.4) is 0 Å². The van der Waals surface area contributed by atoms with Gasteiger partial charge in [-0.1, -0.05) is 18.2 Å². The Kier molecular flexibility index (Phi) is 8.34. The van der Waals surface area contributed by atoms with Crippen molar-refractivity contribution in [3.05, 3.63) is 29.8 Å². The van der Waals surface area contributed by atoms with Crippen molar-refractivity contribution in [2.75, 3.05) is 18.8 Å². The molecule has 1 aromatic rings. The maximum absolute atomic E-state index is 12.5. The van der Waals surface area contributed by atoms with Crippen LogP contribution in [-0.4, -0.2) is 45.3 Å². The second-order valence-corrected chi connectivity index (χ2v) is 9.25. The molecule has 1 aromatic carbocycles. The molecule has 10 heteroatoms. The number of hydrogen-bond donors (Lipinski definition) is 2. The Hall–Kier alpha value is -2.25. The molecule has 0 spiro atoms. The van der Waals surface area contributed by atoms with Gasteiger partial charge in [0, 0.05) is 23.9 Å². The minimum atomic E-state index is -3.72. The van der Waals surface area contributed by atoms with Gasteiger partial charge in [0.2, 0.25) is 5.91 Å². The van der Waals surface area contributed by atoms with E-state index in [2.05, 4.69) is 21.4 Å². The number of alkyl halides is 2. The Balaban J connectivity index is 1.96. The molecule has 1 saturated heterocycles. The smallest absolute Gasteiger partial charge is 0.387 e. The maximum atomic E-state index is 12.5. The Labute approximate surface area is 169 Å². The van der Waals surface area contributed by atoms with Crippen LogP contribution in [0.5, 0.6) is 5.75 Å². The summed E-state index contributed by atoms with van der Waals surface area (Å²) in [6, 6.07) is 7.77. The van der Waals surface area contributed by atoms with E-state index >= 15 is 0 Å². The van der Waals surface area contributed by atoms with Crippen molar-refractivity contribution in [1.82, 2.24) is 10.6 Å². The summed E-state index contributed by atoms with van der Waals surface area (Å²) in [4.78, 5) is 12.4. The molecule has 0 aliphatic carbocycles. The normalized spacial score (nSPS) is 16.2. The summed E-state index contributed by atoms with van der Waals surface area (Å²) in [6.07, 6.45) is 1.93. The predicted octanol–water partition coefficient (Wildman–Crippen LogP) is 2.14. The van der Waals surface area contributed by atoms with E-state index in [1.165, 1.54) is 24.3 Å². The largest absolute Gasteiger partial charge is 0.435 e. The van der Waals surface area contributed by atoms with Gasteiger partial charge < -0.3 is 15.4 Å². The number of amides is 1. The van der Waals surface area contributed by atoms with Crippen molar-refractivity contribution in [2.45, 2.75) is 50.0 Å². The van der Waals surface area contributed by atoms with E-state index in [1.54, 1.807) is 0 Å². The van der Waals surface area contributed by atoms with Gasteiger partial charge >= 0.3 is 6.61 Å². The first kappa shape index (κ1) is 23.0. The van der Waals surface area contributed by atoms with Crippen LogP contribution >= 0.6 is 0 Å². The number of ether oxygens (including phenoxy) is 1. The number of para-hydroxylation sites is 1. The Morgan fingerprint density at radius 2 is 2.00 bits per heavy atom. The van der Waals surface area contributed by atoms with E-state index in [-0.39, 0.29) is 17.7 Å². The number of carbonyl (C=O) groups is 1. The molecule has 1 aliphatic rings. The molecule has 7 nitrogen and oxygen atoms in total. The van der Waals surface area contributed by atoms with E-state index in [0.717, 1.165) is 0 Å². The van der Waals surface area contributed by atoms with Crippen LogP contribution in [-0.2, 0) is 20.4 Å². The van der Waals surface area contributed by atoms with Crippen molar-refractivity contribution >= 4 is 15.7 Å². The zero-order chi connectivity index (χ0) is 21.3. The number of hydrogen-bond acceptors (Lipinski definition) is 6. The van der Waals surface area contributed by atoms with Gasteiger partial charge in [-0.15, -0.1) is 0 Å². The fraction of sp³-hybridized carbons (Fsp3) is 0.579. The van der Waals surface area contributed by atoms with E-state index in [9.17, 15) is 22.0 Å². The Morgan fingerprint density at radius 3 is 2.66 bits per heavy atom. The molecule has 1 heterocycles. The first-order valence-corrected chi connectivity index (χ1v) is 11.2. The first-order chi connectivity index (χ1) is 13.8. The second-order valence-electron chi connectivity index (χ2n) is 7.06. The number of benzene rings is 1. The predicted molar refractivity (Wildman–Crippen MR) is 103 cm³/mol. The molecule has 2 N–H and O–H groups in total. The number of sulfone groups is 1. The van der Waals surface area contributed by atoms with Crippen LogP contribution in [0.2, 0.25) is 0 Å². The zero-order valence-corrected chi connectivity index (χ0v) is 16.8. The number of nitrogens with zero attached hydrogens (tertiary/aromatic N) is 1. The highest BCUT2D eigenvalue weighted by molar-refractivity contribution is 7.90. The van der Waals surface area contributed by atoms with Crippen molar-refractivity contribution in [1.29, 1.82) is 5.26 Å². The fourth-order valence-corrected chi connectivity index (χ4v) is 4.74. The van der Waals surface area contributed by atoms with Crippen molar-refractivity contribution in [2.24, 2.45) is 0 Å². The topological polar surface area (TPSA) is 108 Å². The summed E-state index contributed by atoms with van der Waals surface area (Å²) in [5, 5.41) is 15.0. The van der Waals surface area contributed by atoms with Crippen LogP contribution in [0.4, 0.5) is 8.78 Å². The highest BCUT2D eigenvalue weighted by atomic mass is 32.2. The molecule has 0 bridgehead atoms. The summed E-state index contributed by atoms with van der Waals surface area (Å²) >= 11 is 0. The standard InChI is InChI=1S/C19H25F2N3O4S/c20-18(21)28-16-5-2-1-4-15(16)14-29(26,27)13-6-17(25)24-19(7-3-10-22)8-11-23-12-9-19/h1-2,4-5,18,23H,3,6-9,11-14H2,(H,24,25). The number of nitriles is 1. The van der Waals surface area contributed by atoms with Gasteiger partial charge in [0.15, 0.2) is 9.84 Å². The fourth-order valence-electron chi connectivity index (χ4n) is 3.39. The molecule has 0 aromatic heterocycles. The van der Waals surface area contributed by atoms with Gasteiger partial charge in [-0.05, 0) is 38.4 Å². The third kappa shape index (κ3) is 7.59. The molecule has 2 rings (SSSR count). The van der Waals surface area contributed by atoms with Crippen molar-refractivity contribution in [3.8, 4) is 11.8 Å². The SMILES string of the molecule is N#CCCC1(NC(=O)CCS(=O)(=O)Cc2ccccc2OC(F)F)CCNCC1. The number of carbonyl (C=O) groups excluding carboxylic acids is 1. The van der Waals surface area contributed by atoms with E-state index in [1.807, 2.05) is 0 Å². The van der Waals surface area contributed by atoms with Gasteiger partial charge in [0.1, 0.15) is 5.75 Å². The van der Waals surface area contributed by atoms with E-state index in [0.29, 0.717) is 38.8 Å². The van der Waals surface area contributed by atoms with Gasteiger partial charge in [-0.2, -0.15) is 14.0 Å². The van der Waals surface area contributed by atoms with Crippen molar-refractivity contribution in [3.63, 3.8) is 0 Å². The monoisotopic (exact) mass is 429 g/mol. The molecular formula is C19H25F2N3O4S. The van der Waals surface area contributed by atoms with Crippen molar-refractivity contribution < 1.29 is 26.7 Å². The molecule has 160 valence electrons. The summed E-state index contributed by atoms with van der Waals surface area (Å²) in [6.45, 7) is -1.63. The van der Waals surface area contributed by atoms with Crippen LogP contribution in [0.15, 0.2) is 24.3 Å². The van der Waals surface area contributed by atoms with Crippen LogP contribution in [0.1, 0.15) is 37.7 Å². The molecule has 0 radical (unpaired) electrons. The second kappa shape index (κ2) is 10.5. The Bertz CT molecular complexity index is 834. The molecule has 29 heavy (non-hydrogen) atoms. The quantitative estimate of drug-likeness (QED) is 0.590. The summed E-state index contributed by atoms with van der Waals surface area (Å²) in [5.74, 6) is -1.49. The third-order valence-electron chi connectivity index (χ3n) is 4.88. The van der Waals surface area contributed by atoms with Crippen LogP contribution < -0.4 is 15.4 Å². The number of nitrogens with one attached hydrogen (secondary N) is 2. The lowest BCUT2D eigenvalue weighted by atomic mass is 9.84. The lowest BCUT2D eigenvalue weighted by Gasteiger charge is -2.38. The van der Waals surface area contributed by atoms with E-state index < -0.39 is 39.4 Å². The lowest BCUT2D eigenvalue weighted by Crippen LogP contribution is -2.54. The van der Waals surface area contributed by atoms with Gasteiger partial charge in [0.25, 0.3) is 0 Å².